The second-order valence-corrected chi connectivity index (χ2v) is 9.22. The van der Waals surface area contributed by atoms with Crippen LogP contribution >= 0.6 is 0 Å². The maximum Gasteiger partial charge on any atom is 0.336 e. The first kappa shape index (κ1) is 18.7. The third-order valence-corrected chi connectivity index (χ3v) is 7.23. The van der Waals surface area contributed by atoms with Gasteiger partial charge in [-0.3, -0.25) is 4.79 Å². The number of hydrogen-bond donors (Lipinski definition) is 1. The average molecular weight is 433 g/mol. The van der Waals surface area contributed by atoms with Gasteiger partial charge >= 0.3 is 6.03 Å². The summed E-state index contributed by atoms with van der Waals surface area (Å²) < 4.78 is 45.2. The van der Waals surface area contributed by atoms with Crippen molar-refractivity contribution in [2.45, 2.75) is 24.3 Å². The van der Waals surface area contributed by atoms with Gasteiger partial charge in [0.25, 0.3) is 10.0 Å². The van der Waals surface area contributed by atoms with Crippen molar-refractivity contribution in [3.8, 4) is 0 Å². The van der Waals surface area contributed by atoms with E-state index < -0.39 is 34.3 Å². The summed E-state index contributed by atoms with van der Waals surface area (Å²) in [6, 6.07) is 1.74. The molecule has 1 aromatic carbocycles. The maximum atomic E-state index is 13.6. The van der Waals surface area contributed by atoms with Gasteiger partial charge in [-0.25, -0.2) is 21.9 Å². The van der Waals surface area contributed by atoms with Gasteiger partial charge in [0.15, 0.2) is 0 Å². The van der Waals surface area contributed by atoms with Crippen molar-refractivity contribution in [1.82, 2.24) is 19.4 Å². The van der Waals surface area contributed by atoms with E-state index in [9.17, 15) is 22.4 Å². The number of nitrogens with one attached hydrogen (secondary N) is 1. The molecular weight excluding hydrogens is 417 g/mol. The number of fused-ring (bicyclic) bond motifs is 3. The van der Waals surface area contributed by atoms with Crippen LogP contribution in [0.2, 0.25) is 0 Å². The lowest BCUT2D eigenvalue weighted by molar-refractivity contribution is -0.131. The largest absolute Gasteiger partial charge is 0.421 e. The Bertz CT molecular complexity index is 1220. The fourth-order valence-electron chi connectivity index (χ4n) is 4.14. The Morgan fingerprint density at radius 1 is 1.37 bits per heavy atom. The molecule has 10 nitrogen and oxygen atoms in total. The lowest BCUT2D eigenvalue weighted by Gasteiger charge is -2.32. The van der Waals surface area contributed by atoms with Crippen molar-refractivity contribution >= 4 is 33.2 Å². The first-order chi connectivity index (χ1) is 14.2. The summed E-state index contributed by atoms with van der Waals surface area (Å²) in [4.78, 5) is 26.5. The van der Waals surface area contributed by atoms with Gasteiger partial charge < -0.3 is 14.6 Å². The van der Waals surface area contributed by atoms with E-state index in [1.54, 1.807) is 6.92 Å². The molecule has 2 aliphatic heterocycles. The summed E-state index contributed by atoms with van der Waals surface area (Å²) in [5.74, 6) is -0.495. The Kier molecular flexibility index (Phi) is 3.97. The zero-order chi connectivity index (χ0) is 21.2. The summed E-state index contributed by atoms with van der Waals surface area (Å²) in [6.07, 6.45) is 2.64. The van der Waals surface area contributed by atoms with E-state index in [4.69, 9.17) is 4.42 Å². The molecule has 1 fully saturated rings. The van der Waals surface area contributed by atoms with E-state index in [0.717, 1.165) is 17.7 Å². The number of aromatic nitrogens is 2. The Hall–Kier alpha value is -3.28. The fourth-order valence-corrected chi connectivity index (χ4v) is 5.58. The second-order valence-electron chi connectivity index (χ2n) is 7.39. The van der Waals surface area contributed by atoms with E-state index in [2.05, 4.69) is 15.5 Å². The third-order valence-electron chi connectivity index (χ3n) is 5.46. The molecule has 5 rings (SSSR count). The molecule has 0 spiro atoms. The molecular formula is C18H16FN5O5S. The highest BCUT2D eigenvalue weighted by molar-refractivity contribution is 7.90. The Morgan fingerprint density at radius 3 is 2.87 bits per heavy atom. The lowest BCUT2D eigenvalue weighted by atomic mass is 10.1. The highest BCUT2D eigenvalue weighted by atomic mass is 32.2. The predicted octanol–water partition coefficient (Wildman–Crippen LogP) is 1.37. The Morgan fingerprint density at radius 2 is 2.17 bits per heavy atom. The van der Waals surface area contributed by atoms with Crippen LogP contribution in [0.4, 0.5) is 14.9 Å². The number of carbonyl (C=O) groups is 2. The molecule has 1 aliphatic carbocycles. The highest BCUT2D eigenvalue weighted by Gasteiger charge is 2.46. The minimum absolute atomic E-state index is 0.0256. The van der Waals surface area contributed by atoms with Crippen molar-refractivity contribution in [2.24, 2.45) is 5.92 Å². The number of carbonyl (C=O) groups excluding carboxylic acids is 2. The summed E-state index contributed by atoms with van der Waals surface area (Å²) in [5, 5.41) is 10.2. The van der Waals surface area contributed by atoms with E-state index in [0.29, 0.717) is 29.1 Å². The number of anilines is 1. The maximum absolute atomic E-state index is 13.6. The van der Waals surface area contributed by atoms with Crippen molar-refractivity contribution < 1.29 is 26.8 Å². The molecule has 1 N–H and O–H groups in total. The minimum atomic E-state index is -4.38. The summed E-state index contributed by atoms with van der Waals surface area (Å²) in [6.45, 7) is 1.37. The first-order valence-electron chi connectivity index (χ1n) is 9.19. The van der Waals surface area contributed by atoms with E-state index >= 15 is 0 Å². The number of rotatable bonds is 3. The standard InChI is InChI=1S/C18H16FN5O5S/c1-9-21-22-17(29-9)12-4-10-5-14(12)23(7-10)16(25)8-24-18(26)20-13-3-2-11(19)6-15(13)30(24,27)28/h2-4,6,10,14H,5,7-8H2,1H3,(H,20,26)/t10-,14-/m0/s1. The van der Waals surface area contributed by atoms with Gasteiger partial charge in [-0.05, 0) is 30.5 Å². The zero-order valence-electron chi connectivity index (χ0n) is 15.7. The molecule has 0 unspecified atom stereocenters. The fraction of sp³-hybridized carbons (Fsp3) is 0.333. The van der Waals surface area contributed by atoms with Crippen LogP contribution in [0.25, 0.3) is 5.57 Å². The van der Waals surface area contributed by atoms with Gasteiger partial charge in [-0.1, -0.05) is 6.08 Å². The first-order valence-corrected chi connectivity index (χ1v) is 10.6. The Labute approximate surface area is 170 Å². The molecule has 0 saturated carbocycles. The third kappa shape index (κ3) is 2.78. The van der Waals surface area contributed by atoms with Gasteiger partial charge in [-0.2, -0.15) is 0 Å². The van der Waals surface area contributed by atoms with Crippen LogP contribution in [-0.4, -0.2) is 58.9 Å². The SMILES string of the molecule is Cc1nnc(C2=C[C@H]3C[C@@H]2N(C(=O)CN2C(=O)Nc4ccc(F)cc4S2(=O)=O)C3)o1. The van der Waals surface area contributed by atoms with Crippen molar-refractivity contribution in [2.75, 3.05) is 18.4 Å². The molecule has 2 atom stereocenters. The number of amides is 3. The van der Waals surface area contributed by atoms with Crippen LogP contribution < -0.4 is 5.32 Å². The van der Waals surface area contributed by atoms with Gasteiger partial charge in [-0.15, -0.1) is 10.2 Å². The molecule has 156 valence electrons. The number of halogens is 1. The summed E-state index contributed by atoms with van der Waals surface area (Å²) in [5.41, 5.74) is 0.695. The van der Waals surface area contributed by atoms with Crippen LogP contribution in [0.3, 0.4) is 0 Å². The smallest absolute Gasteiger partial charge is 0.336 e. The number of aryl methyl sites for hydroxylation is 1. The molecule has 1 saturated heterocycles. The number of sulfonamides is 1. The zero-order valence-corrected chi connectivity index (χ0v) is 16.5. The van der Waals surface area contributed by atoms with Gasteiger partial charge in [0.2, 0.25) is 17.7 Å². The molecule has 3 amide bonds. The van der Waals surface area contributed by atoms with E-state index in [1.807, 2.05) is 6.08 Å². The number of urea groups is 1. The number of hydrogen-bond acceptors (Lipinski definition) is 7. The number of likely N-dealkylation sites (tertiary alicyclic amines) is 1. The van der Waals surface area contributed by atoms with E-state index in [-0.39, 0.29) is 22.5 Å². The summed E-state index contributed by atoms with van der Waals surface area (Å²) >= 11 is 0. The number of benzene rings is 1. The van der Waals surface area contributed by atoms with E-state index in [1.165, 1.54) is 11.0 Å². The van der Waals surface area contributed by atoms with Gasteiger partial charge in [0.05, 0.1) is 11.7 Å². The van der Waals surface area contributed by atoms with Gasteiger partial charge in [0.1, 0.15) is 17.3 Å². The second kappa shape index (κ2) is 6.36. The lowest BCUT2D eigenvalue weighted by Crippen LogP contribution is -2.50. The van der Waals surface area contributed by atoms with Crippen molar-refractivity contribution in [3.05, 3.63) is 41.9 Å². The van der Waals surface area contributed by atoms with Crippen molar-refractivity contribution in [3.63, 3.8) is 0 Å². The molecule has 2 aromatic rings. The molecule has 3 heterocycles. The normalized spacial score (nSPS) is 23.9. The topological polar surface area (TPSA) is 126 Å². The van der Waals surface area contributed by atoms with Gasteiger partial charge in [0, 0.05) is 19.0 Å². The molecule has 0 radical (unpaired) electrons. The average Bonchev–Trinajstić information content (AvgIpc) is 3.41. The van der Waals surface area contributed by atoms with Crippen LogP contribution in [0.5, 0.6) is 0 Å². The van der Waals surface area contributed by atoms with Crippen LogP contribution in [0.15, 0.2) is 33.6 Å². The molecule has 1 aromatic heterocycles. The molecule has 3 aliphatic rings. The predicted molar refractivity (Wildman–Crippen MR) is 99.9 cm³/mol. The van der Waals surface area contributed by atoms with Crippen molar-refractivity contribution in [1.29, 1.82) is 0 Å². The van der Waals surface area contributed by atoms with Crippen LogP contribution in [0, 0.1) is 18.7 Å². The van der Waals surface area contributed by atoms with Crippen LogP contribution in [-0.2, 0) is 14.8 Å². The minimum Gasteiger partial charge on any atom is -0.421 e. The molecule has 2 bridgehead atoms. The summed E-state index contributed by atoms with van der Waals surface area (Å²) in [7, 11) is -4.38. The Balaban J connectivity index is 1.40. The van der Waals surface area contributed by atoms with Crippen LogP contribution in [0.1, 0.15) is 18.2 Å². The monoisotopic (exact) mass is 433 g/mol. The number of nitrogens with zero attached hydrogens (tertiary/aromatic N) is 4. The molecule has 30 heavy (non-hydrogen) atoms. The highest BCUT2D eigenvalue weighted by Crippen LogP contribution is 2.41. The molecule has 12 heteroatoms. The quantitative estimate of drug-likeness (QED) is 0.775.